The van der Waals surface area contributed by atoms with E-state index >= 15 is 0 Å². The van der Waals surface area contributed by atoms with Gasteiger partial charge in [0, 0.05) is 12.5 Å². The monoisotopic (exact) mass is 454 g/mol. The highest BCUT2D eigenvalue weighted by atomic mass is 16.5. The minimum absolute atomic E-state index is 0.0762. The molecule has 4 N–H and O–H groups in total. The summed E-state index contributed by atoms with van der Waals surface area (Å²) in [5.74, 6) is 0.899. The molecular weight excluding hydrogens is 420 g/mol. The fourth-order valence-corrected chi connectivity index (χ4v) is 3.52. The first-order chi connectivity index (χ1) is 16.1. The lowest BCUT2D eigenvalue weighted by molar-refractivity contribution is 0.101. The molecular formula is C24H34N6O3. The van der Waals surface area contributed by atoms with Crippen molar-refractivity contribution in [3.63, 3.8) is 0 Å². The average molecular weight is 455 g/mol. The lowest BCUT2D eigenvalue weighted by Gasteiger charge is -2.17. The summed E-state index contributed by atoms with van der Waals surface area (Å²) < 4.78 is 13.4. The van der Waals surface area contributed by atoms with Gasteiger partial charge < -0.3 is 25.8 Å². The summed E-state index contributed by atoms with van der Waals surface area (Å²) in [6, 6.07) is 15.8. The maximum Gasteiger partial charge on any atom is 0.407 e. The highest BCUT2D eigenvalue weighted by molar-refractivity contribution is 5.67. The molecule has 0 saturated carbocycles. The Morgan fingerprint density at radius 2 is 1.94 bits per heavy atom. The molecule has 1 amide bonds. The van der Waals surface area contributed by atoms with Gasteiger partial charge in [-0.15, -0.1) is 10.2 Å². The molecule has 2 heterocycles. The Hall–Kier alpha value is -3.01. The number of ether oxygens (including phenoxy) is 2. The van der Waals surface area contributed by atoms with Crippen LogP contribution in [0.25, 0.3) is 5.65 Å². The zero-order valence-corrected chi connectivity index (χ0v) is 19.4. The van der Waals surface area contributed by atoms with E-state index in [0.717, 1.165) is 36.3 Å². The van der Waals surface area contributed by atoms with Crippen LogP contribution in [-0.2, 0) is 22.7 Å². The molecule has 0 aliphatic heterocycles. The van der Waals surface area contributed by atoms with E-state index in [2.05, 4.69) is 39.9 Å². The number of alkyl carbamates (subject to hydrolysis) is 1. The van der Waals surface area contributed by atoms with Crippen LogP contribution in [0, 0.1) is 0 Å². The Kier molecular flexibility index (Phi) is 9.61. The Morgan fingerprint density at radius 3 is 2.70 bits per heavy atom. The minimum Gasteiger partial charge on any atom is -0.443 e. The zero-order valence-electron chi connectivity index (χ0n) is 19.4. The van der Waals surface area contributed by atoms with E-state index in [1.165, 1.54) is 0 Å². The summed E-state index contributed by atoms with van der Waals surface area (Å²) in [6.07, 6.45) is 2.21. The molecule has 2 unspecified atom stereocenters. The van der Waals surface area contributed by atoms with Gasteiger partial charge in [-0.2, -0.15) is 0 Å². The van der Waals surface area contributed by atoms with Crippen molar-refractivity contribution in [1.82, 2.24) is 25.2 Å². The van der Waals surface area contributed by atoms with E-state index in [0.29, 0.717) is 18.9 Å². The fraction of sp³-hybridized carbons (Fsp3) is 0.458. The van der Waals surface area contributed by atoms with Gasteiger partial charge in [-0.1, -0.05) is 56.2 Å². The van der Waals surface area contributed by atoms with Crippen molar-refractivity contribution in [2.24, 2.45) is 5.73 Å². The standard InChI is InChI=1S/C24H34N6O3/c1-3-4-11-19(16-32-15-18-9-6-5-7-10-18)23-29-28-22-13-8-12-20(30(22)23)17-33-24(31)27-14-21(25)26-2/h5-10,12-13,19,21,26H,3-4,11,14-17,25H2,1-2H3,(H,27,31). The van der Waals surface area contributed by atoms with Gasteiger partial charge in [-0.05, 0) is 31.2 Å². The van der Waals surface area contributed by atoms with Gasteiger partial charge in [-0.25, -0.2) is 4.79 Å². The van der Waals surface area contributed by atoms with Crippen molar-refractivity contribution < 1.29 is 14.3 Å². The molecule has 178 valence electrons. The first-order valence-electron chi connectivity index (χ1n) is 11.4. The van der Waals surface area contributed by atoms with Crippen molar-refractivity contribution in [2.75, 3.05) is 20.2 Å². The summed E-state index contributed by atoms with van der Waals surface area (Å²) in [4.78, 5) is 12.1. The molecule has 2 aromatic heterocycles. The molecule has 0 fully saturated rings. The Balaban J connectivity index is 1.71. The van der Waals surface area contributed by atoms with Crippen molar-refractivity contribution in [2.45, 2.75) is 51.5 Å². The summed E-state index contributed by atoms with van der Waals surface area (Å²) in [7, 11) is 1.73. The van der Waals surface area contributed by atoms with Gasteiger partial charge in [-0.3, -0.25) is 4.40 Å². The molecule has 33 heavy (non-hydrogen) atoms. The Labute approximate surface area is 194 Å². The van der Waals surface area contributed by atoms with Crippen LogP contribution in [0.4, 0.5) is 4.79 Å². The summed E-state index contributed by atoms with van der Waals surface area (Å²) in [5.41, 5.74) is 8.39. The number of likely N-dealkylation sites (N-methyl/N-ethyl adjacent to an activating group) is 1. The zero-order chi connectivity index (χ0) is 23.5. The summed E-state index contributed by atoms with van der Waals surface area (Å²) >= 11 is 0. The third kappa shape index (κ3) is 7.24. The number of fused-ring (bicyclic) bond motifs is 1. The van der Waals surface area contributed by atoms with Crippen LogP contribution < -0.4 is 16.4 Å². The quantitative estimate of drug-likeness (QED) is 0.340. The second-order valence-electron chi connectivity index (χ2n) is 7.96. The van der Waals surface area contributed by atoms with Crippen molar-refractivity contribution in [3.8, 4) is 0 Å². The molecule has 0 radical (unpaired) electrons. The first kappa shape index (κ1) is 24.6. The minimum atomic E-state index is -0.527. The second-order valence-corrected chi connectivity index (χ2v) is 7.96. The summed E-state index contributed by atoms with van der Waals surface area (Å²) in [5, 5.41) is 14.3. The number of nitrogens with one attached hydrogen (secondary N) is 2. The number of carbonyl (C=O) groups is 1. The Morgan fingerprint density at radius 1 is 1.12 bits per heavy atom. The number of pyridine rings is 1. The predicted molar refractivity (Wildman–Crippen MR) is 127 cm³/mol. The van der Waals surface area contributed by atoms with Crippen molar-refractivity contribution >= 4 is 11.7 Å². The van der Waals surface area contributed by atoms with E-state index in [-0.39, 0.29) is 25.2 Å². The number of unbranched alkanes of at least 4 members (excludes halogenated alkanes) is 1. The molecule has 3 aromatic rings. The number of nitrogens with two attached hydrogens (primary N) is 1. The third-order valence-electron chi connectivity index (χ3n) is 5.42. The van der Waals surface area contributed by atoms with Gasteiger partial charge in [0.15, 0.2) is 5.65 Å². The summed E-state index contributed by atoms with van der Waals surface area (Å²) in [6.45, 7) is 3.61. The largest absolute Gasteiger partial charge is 0.443 e. The highest BCUT2D eigenvalue weighted by Gasteiger charge is 2.20. The topological polar surface area (TPSA) is 116 Å². The van der Waals surface area contributed by atoms with Gasteiger partial charge in [0.05, 0.1) is 25.1 Å². The molecule has 0 saturated heterocycles. The molecule has 0 aliphatic rings. The molecule has 0 aliphatic carbocycles. The van der Waals surface area contributed by atoms with Gasteiger partial charge >= 0.3 is 6.09 Å². The van der Waals surface area contributed by atoms with Crippen LogP contribution in [0.3, 0.4) is 0 Å². The number of carbonyl (C=O) groups excluding carboxylic acids is 1. The van der Waals surface area contributed by atoms with Crippen LogP contribution in [0.5, 0.6) is 0 Å². The Bertz CT molecular complexity index is 994. The predicted octanol–water partition coefficient (Wildman–Crippen LogP) is 2.95. The van der Waals surface area contributed by atoms with Crippen LogP contribution in [0.1, 0.15) is 49.2 Å². The van der Waals surface area contributed by atoms with Crippen molar-refractivity contribution in [1.29, 1.82) is 0 Å². The lowest BCUT2D eigenvalue weighted by Crippen LogP contribution is -2.45. The fourth-order valence-electron chi connectivity index (χ4n) is 3.52. The SMILES string of the molecule is CCCCC(COCc1ccccc1)c1nnc2cccc(COC(=O)NCC(N)NC)n12. The van der Waals surface area contributed by atoms with Crippen molar-refractivity contribution in [3.05, 3.63) is 65.6 Å². The maximum absolute atomic E-state index is 12.1. The normalized spacial score (nSPS) is 13.1. The molecule has 9 nitrogen and oxygen atoms in total. The van der Waals surface area contributed by atoms with Crippen LogP contribution in [0.2, 0.25) is 0 Å². The molecule has 1 aromatic carbocycles. The van der Waals surface area contributed by atoms with Gasteiger partial charge in [0.1, 0.15) is 12.4 Å². The number of hydrogen-bond donors (Lipinski definition) is 3. The number of nitrogens with zero attached hydrogens (tertiary/aromatic N) is 3. The molecule has 0 bridgehead atoms. The first-order valence-corrected chi connectivity index (χ1v) is 11.4. The number of hydrogen-bond acceptors (Lipinski definition) is 7. The molecule has 9 heteroatoms. The van der Waals surface area contributed by atoms with E-state index in [4.69, 9.17) is 15.2 Å². The smallest absolute Gasteiger partial charge is 0.407 e. The number of amides is 1. The maximum atomic E-state index is 12.1. The van der Waals surface area contributed by atoms with E-state index in [9.17, 15) is 4.79 Å². The van der Waals surface area contributed by atoms with E-state index in [1.54, 1.807) is 7.05 Å². The van der Waals surface area contributed by atoms with Gasteiger partial charge in [0.25, 0.3) is 0 Å². The second kappa shape index (κ2) is 12.9. The third-order valence-corrected chi connectivity index (χ3v) is 5.42. The van der Waals surface area contributed by atoms with E-state index in [1.807, 2.05) is 40.8 Å². The number of benzene rings is 1. The van der Waals surface area contributed by atoms with Crippen LogP contribution in [0.15, 0.2) is 48.5 Å². The molecule has 3 rings (SSSR count). The number of rotatable bonds is 13. The average Bonchev–Trinajstić information content (AvgIpc) is 3.28. The molecule has 2 atom stereocenters. The highest BCUT2D eigenvalue weighted by Crippen LogP contribution is 2.24. The molecule has 0 spiro atoms. The number of aromatic nitrogens is 3. The lowest BCUT2D eigenvalue weighted by atomic mass is 10.0. The van der Waals surface area contributed by atoms with E-state index < -0.39 is 6.09 Å². The van der Waals surface area contributed by atoms with Crippen LogP contribution in [-0.4, -0.2) is 47.1 Å². The van der Waals surface area contributed by atoms with Crippen LogP contribution >= 0.6 is 0 Å². The van der Waals surface area contributed by atoms with Gasteiger partial charge in [0.2, 0.25) is 0 Å².